The summed E-state index contributed by atoms with van der Waals surface area (Å²) >= 11 is 6.12. The molecule has 1 fully saturated rings. The Balaban J connectivity index is 1.84. The second-order valence-electron chi connectivity index (χ2n) is 4.65. The van der Waals surface area contributed by atoms with Gasteiger partial charge in [-0.15, -0.1) is 0 Å². The fraction of sp³-hybridized carbons (Fsp3) is 0.385. The van der Waals surface area contributed by atoms with Gasteiger partial charge in [0.2, 0.25) is 0 Å². The molecule has 2 aromatic rings. The Morgan fingerprint density at radius 3 is 3.05 bits per heavy atom. The van der Waals surface area contributed by atoms with Gasteiger partial charge in [-0.2, -0.15) is 4.98 Å². The molecule has 1 aromatic carbocycles. The summed E-state index contributed by atoms with van der Waals surface area (Å²) in [6.45, 7) is 1.57. The summed E-state index contributed by atoms with van der Waals surface area (Å²) in [4.78, 5) is 4.37. The van der Waals surface area contributed by atoms with Gasteiger partial charge in [-0.1, -0.05) is 22.8 Å². The van der Waals surface area contributed by atoms with Crippen molar-refractivity contribution in [3.63, 3.8) is 0 Å². The number of ether oxygens (including phenoxy) is 1. The minimum absolute atomic E-state index is 0.372. The van der Waals surface area contributed by atoms with Crippen LogP contribution in [0.1, 0.15) is 12.2 Å². The molecule has 100 valence electrons. The van der Waals surface area contributed by atoms with Crippen molar-refractivity contribution in [2.45, 2.75) is 12.8 Å². The molecule has 1 aliphatic rings. The SMILES string of the molecule is Nc1cccc(Cl)c1-c1nc(CC2CCOC2)no1. The molecule has 0 radical (unpaired) electrons. The predicted molar refractivity (Wildman–Crippen MR) is 71.8 cm³/mol. The fourth-order valence-corrected chi connectivity index (χ4v) is 2.47. The van der Waals surface area contributed by atoms with Gasteiger partial charge in [0.1, 0.15) is 0 Å². The van der Waals surface area contributed by atoms with E-state index >= 15 is 0 Å². The summed E-state index contributed by atoms with van der Waals surface area (Å²) < 4.78 is 10.6. The Bertz CT molecular complexity index is 559. The quantitative estimate of drug-likeness (QED) is 0.874. The third kappa shape index (κ3) is 2.57. The number of nitrogens with zero attached hydrogens (tertiary/aromatic N) is 2. The first kappa shape index (κ1) is 12.4. The number of benzene rings is 1. The maximum Gasteiger partial charge on any atom is 0.261 e. The van der Waals surface area contributed by atoms with E-state index in [1.54, 1.807) is 18.2 Å². The van der Waals surface area contributed by atoms with Gasteiger partial charge >= 0.3 is 0 Å². The molecule has 0 aliphatic carbocycles. The molecule has 2 N–H and O–H groups in total. The number of nitrogen functional groups attached to an aromatic ring is 1. The number of anilines is 1. The molecule has 1 atom stereocenters. The molecule has 2 heterocycles. The van der Waals surface area contributed by atoms with Crippen molar-refractivity contribution in [1.29, 1.82) is 0 Å². The highest BCUT2D eigenvalue weighted by molar-refractivity contribution is 6.33. The lowest BCUT2D eigenvalue weighted by Crippen LogP contribution is -2.04. The molecule has 0 saturated carbocycles. The van der Waals surface area contributed by atoms with E-state index in [2.05, 4.69) is 10.1 Å². The van der Waals surface area contributed by atoms with Crippen LogP contribution in [0.3, 0.4) is 0 Å². The van der Waals surface area contributed by atoms with Gasteiger partial charge in [0.05, 0.1) is 10.6 Å². The molecule has 5 nitrogen and oxygen atoms in total. The van der Waals surface area contributed by atoms with Crippen LogP contribution in [-0.4, -0.2) is 23.4 Å². The second kappa shape index (κ2) is 5.19. The summed E-state index contributed by atoms with van der Waals surface area (Å²) in [7, 11) is 0. The van der Waals surface area contributed by atoms with Crippen molar-refractivity contribution in [1.82, 2.24) is 10.1 Å². The molecular formula is C13H14ClN3O2. The minimum Gasteiger partial charge on any atom is -0.398 e. The Morgan fingerprint density at radius 2 is 2.32 bits per heavy atom. The normalized spacial score (nSPS) is 18.9. The topological polar surface area (TPSA) is 74.2 Å². The van der Waals surface area contributed by atoms with Crippen molar-refractivity contribution in [3.8, 4) is 11.5 Å². The van der Waals surface area contributed by atoms with Crippen LogP contribution in [0.2, 0.25) is 5.02 Å². The van der Waals surface area contributed by atoms with Crippen LogP contribution in [0.25, 0.3) is 11.5 Å². The van der Waals surface area contributed by atoms with Crippen molar-refractivity contribution in [2.75, 3.05) is 18.9 Å². The number of hydrogen-bond acceptors (Lipinski definition) is 5. The van der Waals surface area contributed by atoms with Gasteiger partial charge in [0.25, 0.3) is 5.89 Å². The molecule has 1 aromatic heterocycles. The lowest BCUT2D eigenvalue weighted by Gasteiger charge is -2.02. The van der Waals surface area contributed by atoms with Gasteiger partial charge in [-0.25, -0.2) is 0 Å². The number of halogens is 1. The monoisotopic (exact) mass is 279 g/mol. The van der Waals surface area contributed by atoms with Gasteiger partial charge < -0.3 is 15.0 Å². The highest BCUT2D eigenvalue weighted by atomic mass is 35.5. The van der Waals surface area contributed by atoms with E-state index in [1.165, 1.54) is 0 Å². The third-order valence-electron chi connectivity index (χ3n) is 3.22. The van der Waals surface area contributed by atoms with E-state index in [9.17, 15) is 0 Å². The zero-order valence-electron chi connectivity index (χ0n) is 10.3. The van der Waals surface area contributed by atoms with Gasteiger partial charge in [0, 0.05) is 25.3 Å². The molecule has 1 unspecified atom stereocenters. The Morgan fingerprint density at radius 1 is 1.42 bits per heavy atom. The van der Waals surface area contributed by atoms with Crippen LogP contribution < -0.4 is 5.73 Å². The maximum atomic E-state index is 6.12. The fourth-order valence-electron chi connectivity index (χ4n) is 2.21. The molecule has 0 amide bonds. The zero-order valence-corrected chi connectivity index (χ0v) is 11.1. The minimum atomic E-state index is 0.372. The van der Waals surface area contributed by atoms with Crippen LogP contribution >= 0.6 is 11.6 Å². The van der Waals surface area contributed by atoms with E-state index in [0.29, 0.717) is 33.9 Å². The lowest BCUT2D eigenvalue weighted by atomic mass is 10.1. The van der Waals surface area contributed by atoms with Crippen molar-refractivity contribution in [2.24, 2.45) is 5.92 Å². The smallest absolute Gasteiger partial charge is 0.261 e. The number of aromatic nitrogens is 2. The lowest BCUT2D eigenvalue weighted by molar-refractivity contribution is 0.185. The molecule has 1 aliphatic heterocycles. The molecule has 0 spiro atoms. The van der Waals surface area contributed by atoms with Crippen molar-refractivity contribution < 1.29 is 9.26 Å². The van der Waals surface area contributed by atoms with Crippen molar-refractivity contribution >= 4 is 17.3 Å². The van der Waals surface area contributed by atoms with E-state index in [1.807, 2.05) is 0 Å². The van der Waals surface area contributed by atoms with Crippen LogP contribution in [0.15, 0.2) is 22.7 Å². The van der Waals surface area contributed by atoms with Gasteiger partial charge in [-0.3, -0.25) is 0 Å². The van der Waals surface area contributed by atoms with Crippen molar-refractivity contribution in [3.05, 3.63) is 29.0 Å². The molecule has 0 bridgehead atoms. The summed E-state index contributed by atoms with van der Waals surface area (Å²) in [5.41, 5.74) is 7.03. The first-order chi connectivity index (χ1) is 9.24. The maximum absolute atomic E-state index is 6.12. The van der Waals surface area contributed by atoms with E-state index < -0.39 is 0 Å². The van der Waals surface area contributed by atoms with E-state index in [4.69, 9.17) is 26.6 Å². The molecule has 6 heteroatoms. The van der Waals surface area contributed by atoms with Crippen LogP contribution in [0.5, 0.6) is 0 Å². The average molecular weight is 280 g/mol. The highest BCUT2D eigenvalue weighted by Crippen LogP contribution is 2.32. The summed E-state index contributed by atoms with van der Waals surface area (Å²) in [6, 6.07) is 5.30. The van der Waals surface area contributed by atoms with E-state index in [-0.39, 0.29) is 0 Å². The van der Waals surface area contributed by atoms with Gasteiger partial charge in [0.15, 0.2) is 5.82 Å². The average Bonchev–Trinajstić information content (AvgIpc) is 3.02. The summed E-state index contributed by atoms with van der Waals surface area (Å²) in [5, 5.41) is 4.50. The first-order valence-electron chi connectivity index (χ1n) is 6.18. The first-order valence-corrected chi connectivity index (χ1v) is 6.56. The van der Waals surface area contributed by atoms with Crippen LogP contribution in [0, 0.1) is 5.92 Å². The summed E-state index contributed by atoms with van der Waals surface area (Å²) in [6.07, 6.45) is 1.80. The highest BCUT2D eigenvalue weighted by Gasteiger charge is 2.20. The number of rotatable bonds is 3. The predicted octanol–water partition coefficient (Wildman–Crippen LogP) is 2.55. The zero-order chi connectivity index (χ0) is 13.2. The van der Waals surface area contributed by atoms with Crippen LogP contribution in [0.4, 0.5) is 5.69 Å². The Labute approximate surface area is 115 Å². The van der Waals surface area contributed by atoms with Gasteiger partial charge in [-0.05, 0) is 24.5 Å². The van der Waals surface area contributed by atoms with Crippen LogP contribution in [-0.2, 0) is 11.2 Å². The molecule has 19 heavy (non-hydrogen) atoms. The Hall–Kier alpha value is -1.59. The largest absolute Gasteiger partial charge is 0.398 e. The molecular weight excluding hydrogens is 266 g/mol. The molecule has 1 saturated heterocycles. The number of nitrogens with two attached hydrogens (primary N) is 1. The standard InChI is InChI=1S/C13H14ClN3O2/c14-9-2-1-3-10(15)12(9)13-16-11(17-19-13)6-8-4-5-18-7-8/h1-3,8H,4-7,15H2. The molecule has 3 rings (SSSR count). The number of hydrogen-bond donors (Lipinski definition) is 1. The van der Waals surface area contributed by atoms with E-state index in [0.717, 1.165) is 26.1 Å². The summed E-state index contributed by atoms with van der Waals surface area (Å²) in [5.74, 6) is 1.51. The Kier molecular flexibility index (Phi) is 3.40. The second-order valence-corrected chi connectivity index (χ2v) is 5.06. The third-order valence-corrected chi connectivity index (χ3v) is 3.54.